The molecule has 0 aliphatic heterocycles. The number of amides is 2. The van der Waals surface area contributed by atoms with Crippen molar-refractivity contribution >= 4 is 34.0 Å². The number of carbonyl (C=O) groups excluding carboxylic acids is 2. The van der Waals surface area contributed by atoms with Crippen molar-refractivity contribution in [2.75, 3.05) is 12.0 Å². The summed E-state index contributed by atoms with van der Waals surface area (Å²) in [4.78, 5) is 34.2. The minimum atomic E-state index is -4.75. The van der Waals surface area contributed by atoms with Crippen molar-refractivity contribution in [2.24, 2.45) is 0 Å². The third-order valence-electron chi connectivity index (χ3n) is 4.54. The smallest absolute Gasteiger partial charge is 0.347 e. The standard InChI is InChI=1S/C21H17F3N4O4/c22-21(23,24)15-8-9-17(18(11-15)28(31)32)26-27-20(30)12-25-19(29)10-14-6-3-5-13-4-1-2-7-16(13)14/h1-9,11,26H,10,12H2,(H,25,29)(H,27,30). The molecule has 3 rings (SSSR count). The minimum Gasteiger partial charge on any atom is -0.347 e. The Hall–Kier alpha value is -4.15. The molecular weight excluding hydrogens is 429 g/mol. The number of alkyl halides is 3. The van der Waals surface area contributed by atoms with Crippen molar-refractivity contribution < 1.29 is 27.7 Å². The van der Waals surface area contributed by atoms with E-state index in [2.05, 4.69) is 16.2 Å². The number of halogens is 3. The molecular formula is C21H17F3N4O4. The van der Waals surface area contributed by atoms with Crippen molar-refractivity contribution in [1.29, 1.82) is 0 Å². The van der Waals surface area contributed by atoms with Crippen LogP contribution in [-0.4, -0.2) is 23.3 Å². The van der Waals surface area contributed by atoms with E-state index in [1.807, 2.05) is 36.4 Å². The van der Waals surface area contributed by atoms with Gasteiger partial charge in [-0.05, 0) is 28.5 Å². The number of nitro groups is 1. The number of benzene rings is 3. The Labute approximate surface area is 179 Å². The minimum absolute atomic E-state index is 0.0342. The monoisotopic (exact) mass is 446 g/mol. The second-order valence-electron chi connectivity index (χ2n) is 6.75. The number of carbonyl (C=O) groups is 2. The number of nitrogens with zero attached hydrogens (tertiary/aromatic N) is 1. The molecule has 166 valence electrons. The van der Waals surface area contributed by atoms with Gasteiger partial charge in [0.1, 0.15) is 5.69 Å². The van der Waals surface area contributed by atoms with E-state index in [0.29, 0.717) is 12.1 Å². The molecule has 0 atom stereocenters. The Bertz CT molecular complexity index is 1180. The van der Waals surface area contributed by atoms with Gasteiger partial charge >= 0.3 is 6.18 Å². The lowest BCUT2D eigenvalue weighted by Crippen LogP contribution is -2.40. The molecule has 32 heavy (non-hydrogen) atoms. The molecule has 0 aromatic heterocycles. The van der Waals surface area contributed by atoms with Crippen LogP contribution in [0, 0.1) is 10.1 Å². The van der Waals surface area contributed by atoms with Gasteiger partial charge in [-0.1, -0.05) is 42.5 Å². The molecule has 0 spiro atoms. The zero-order valence-electron chi connectivity index (χ0n) is 16.4. The molecule has 3 aromatic carbocycles. The van der Waals surface area contributed by atoms with Crippen molar-refractivity contribution in [3.8, 4) is 0 Å². The fourth-order valence-corrected chi connectivity index (χ4v) is 3.01. The highest BCUT2D eigenvalue weighted by Crippen LogP contribution is 2.34. The predicted molar refractivity (Wildman–Crippen MR) is 111 cm³/mol. The average Bonchev–Trinajstić information content (AvgIpc) is 2.75. The van der Waals surface area contributed by atoms with Crippen molar-refractivity contribution in [1.82, 2.24) is 10.7 Å². The normalized spacial score (nSPS) is 11.1. The number of anilines is 1. The van der Waals surface area contributed by atoms with Gasteiger partial charge in [0.2, 0.25) is 5.91 Å². The summed E-state index contributed by atoms with van der Waals surface area (Å²) in [6.45, 7) is -0.439. The lowest BCUT2D eigenvalue weighted by Gasteiger charge is -2.12. The Morgan fingerprint density at radius 3 is 2.41 bits per heavy atom. The topological polar surface area (TPSA) is 113 Å². The van der Waals surface area contributed by atoms with Gasteiger partial charge < -0.3 is 5.32 Å². The van der Waals surface area contributed by atoms with E-state index in [1.54, 1.807) is 6.07 Å². The third kappa shape index (κ3) is 5.50. The van der Waals surface area contributed by atoms with Gasteiger partial charge in [0, 0.05) is 6.07 Å². The Morgan fingerprint density at radius 1 is 0.969 bits per heavy atom. The maximum absolute atomic E-state index is 12.7. The van der Waals surface area contributed by atoms with Crippen LogP contribution in [0.4, 0.5) is 24.5 Å². The molecule has 0 bridgehead atoms. The summed E-state index contributed by atoms with van der Waals surface area (Å²) in [6, 6.07) is 14.9. The highest BCUT2D eigenvalue weighted by molar-refractivity contribution is 5.91. The van der Waals surface area contributed by atoms with Gasteiger partial charge in [0.05, 0.1) is 23.5 Å². The first-order chi connectivity index (χ1) is 15.1. The van der Waals surface area contributed by atoms with Crippen LogP contribution in [0.25, 0.3) is 10.8 Å². The maximum atomic E-state index is 12.7. The average molecular weight is 446 g/mol. The van der Waals surface area contributed by atoms with Gasteiger partial charge in [-0.15, -0.1) is 0 Å². The van der Waals surface area contributed by atoms with Gasteiger partial charge in [-0.25, -0.2) is 0 Å². The SMILES string of the molecule is O=C(Cc1cccc2ccccc12)NCC(=O)NNc1ccc(C(F)(F)F)cc1[N+](=O)[O-]. The first-order valence-corrected chi connectivity index (χ1v) is 9.29. The summed E-state index contributed by atoms with van der Waals surface area (Å²) < 4.78 is 38.2. The summed E-state index contributed by atoms with van der Waals surface area (Å²) in [6.07, 6.45) is -4.71. The maximum Gasteiger partial charge on any atom is 0.416 e. The van der Waals surface area contributed by atoms with Gasteiger partial charge in [0.15, 0.2) is 0 Å². The fourth-order valence-electron chi connectivity index (χ4n) is 3.01. The number of nitrogens with one attached hydrogen (secondary N) is 3. The van der Waals surface area contributed by atoms with Crippen LogP contribution in [0.15, 0.2) is 60.7 Å². The first-order valence-electron chi connectivity index (χ1n) is 9.29. The van der Waals surface area contributed by atoms with Gasteiger partial charge in [-0.2, -0.15) is 13.2 Å². The second-order valence-corrected chi connectivity index (χ2v) is 6.75. The molecule has 3 aromatic rings. The van der Waals surface area contributed by atoms with E-state index < -0.39 is 40.7 Å². The summed E-state index contributed by atoms with van der Waals surface area (Å²) in [7, 11) is 0. The van der Waals surface area contributed by atoms with Crippen LogP contribution in [0.3, 0.4) is 0 Å². The molecule has 8 nitrogen and oxygen atoms in total. The molecule has 0 saturated heterocycles. The Morgan fingerprint density at radius 2 is 1.69 bits per heavy atom. The zero-order chi connectivity index (χ0) is 23.3. The first kappa shape index (κ1) is 22.5. The van der Waals surface area contributed by atoms with Crippen LogP contribution in [0.5, 0.6) is 0 Å². The summed E-state index contributed by atoms with van der Waals surface area (Å²) in [5.41, 5.74) is 2.71. The molecule has 0 aliphatic rings. The molecule has 0 aliphatic carbocycles. The van der Waals surface area contributed by atoms with E-state index in [4.69, 9.17) is 0 Å². The molecule has 0 fully saturated rings. The largest absolute Gasteiger partial charge is 0.416 e. The molecule has 0 unspecified atom stereocenters. The lowest BCUT2D eigenvalue weighted by molar-refractivity contribution is -0.384. The molecule has 11 heteroatoms. The van der Waals surface area contributed by atoms with E-state index >= 15 is 0 Å². The molecule has 0 radical (unpaired) electrons. The molecule has 3 N–H and O–H groups in total. The van der Waals surface area contributed by atoms with Crippen molar-refractivity contribution in [3.63, 3.8) is 0 Å². The van der Waals surface area contributed by atoms with Gasteiger partial charge in [-0.3, -0.25) is 30.6 Å². The Kier molecular flexibility index (Phi) is 6.57. The van der Waals surface area contributed by atoms with Crippen molar-refractivity contribution in [3.05, 3.63) is 81.9 Å². The zero-order valence-corrected chi connectivity index (χ0v) is 16.4. The number of fused-ring (bicyclic) bond motifs is 1. The van der Waals surface area contributed by atoms with Crippen LogP contribution < -0.4 is 16.2 Å². The second kappa shape index (κ2) is 9.33. The van der Waals surface area contributed by atoms with E-state index in [9.17, 15) is 32.9 Å². The number of rotatable bonds is 7. The fraction of sp³-hybridized carbons (Fsp3) is 0.143. The van der Waals surface area contributed by atoms with Crippen molar-refractivity contribution in [2.45, 2.75) is 12.6 Å². The highest BCUT2D eigenvalue weighted by atomic mass is 19.4. The number of hydrogen-bond acceptors (Lipinski definition) is 5. The number of hydrazine groups is 1. The summed E-state index contributed by atoms with van der Waals surface area (Å²) in [5.74, 6) is -1.16. The van der Waals surface area contributed by atoms with E-state index in [1.165, 1.54) is 0 Å². The highest BCUT2D eigenvalue weighted by Gasteiger charge is 2.33. The van der Waals surface area contributed by atoms with Crippen LogP contribution >= 0.6 is 0 Å². The van der Waals surface area contributed by atoms with Crippen LogP contribution in [0.2, 0.25) is 0 Å². The summed E-state index contributed by atoms with van der Waals surface area (Å²) in [5, 5.41) is 15.4. The quantitative estimate of drug-likeness (QED) is 0.379. The van der Waals surface area contributed by atoms with Crippen LogP contribution in [0.1, 0.15) is 11.1 Å². The van der Waals surface area contributed by atoms with E-state index in [-0.39, 0.29) is 12.1 Å². The predicted octanol–water partition coefficient (Wildman–Crippen LogP) is 3.57. The third-order valence-corrected chi connectivity index (χ3v) is 4.54. The summed E-state index contributed by atoms with van der Waals surface area (Å²) >= 11 is 0. The molecule has 0 heterocycles. The molecule has 2 amide bonds. The number of hydrogen-bond donors (Lipinski definition) is 3. The Balaban J connectivity index is 1.56. The number of nitro benzene ring substituents is 1. The van der Waals surface area contributed by atoms with E-state index in [0.717, 1.165) is 22.4 Å². The molecule has 0 saturated carbocycles. The van der Waals surface area contributed by atoms with Crippen LogP contribution in [-0.2, 0) is 22.2 Å². The van der Waals surface area contributed by atoms with Gasteiger partial charge in [0.25, 0.3) is 11.6 Å². The lowest BCUT2D eigenvalue weighted by atomic mass is 10.0.